The molecule has 0 radical (unpaired) electrons. The molecule has 1 N–H and O–H groups in total. The molecular weight excluding hydrogens is 541 g/mol. The number of aromatic nitrogens is 1. The van der Waals surface area contributed by atoms with E-state index in [1.807, 2.05) is 45.0 Å². The molecular formula is C32H36FN3O6. The number of nitrogens with zero attached hydrogens (tertiary/aromatic N) is 2. The lowest BCUT2D eigenvalue weighted by Crippen LogP contribution is -2.46. The first-order chi connectivity index (χ1) is 20.2. The molecule has 0 spiro atoms. The minimum atomic E-state index is -0.623. The lowest BCUT2D eigenvalue weighted by atomic mass is 9.80. The highest BCUT2D eigenvalue weighted by atomic mass is 19.1. The molecule has 3 heterocycles. The van der Waals surface area contributed by atoms with Gasteiger partial charge in [0.2, 0.25) is 6.79 Å². The van der Waals surface area contributed by atoms with E-state index >= 15 is 0 Å². The lowest BCUT2D eigenvalue weighted by molar-refractivity contribution is 0.0111. The number of hydrogen-bond acceptors (Lipinski definition) is 7. The summed E-state index contributed by atoms with van der Waals surface area (Å²) in [5, 5.41) is 2.81. The standard InChI is InChI=1S/C32H36FN3O6/c1-32(2,3)42-31(38)36-15-12-25(22(18-36)19-39-24-8-10-28-29(17-24)41-20-40-28)21-7-9-27(33)26(16-21)30(37)35-14-11-23-6-4-5-13-34-23/h4-10,13,16-17,22,25H,11-12,14-15,18-20H2,1-3H3,(H,35,37)/t22-,25-/m0/s1. The minimum absolute atomic E-state index is 0.0152. The summed E-state index contributed by atoms with van der Waals surface area (Å²) in [6, 6.07) is 15.6. The average molecular weight is 578 g/mol. The maximum Gasteiger partial charge on any atom is 0.410 e. The summed E-state index contributed by atoms with van der Waals surface area (Å²) in [4.78, 5) is 31.8. The molecule has 0 aliphatic carbocycles. The number of hydrogen-bond donors (Lipinski definition) is 1. The number of fused-ring (bicyclic) bond motifs is 1. The van der Waals surface area contributed by atoms with Gasteiger partial charge in [-0.05, 0) is 75.1 Å². The number of pyridine rings is 1. The SMILES string of the molecule is CC(C)(C)OC(=O)N1CC[C@@H](c2ccc(F)c(C(=O)NCCc3ccccn3)c2)[C@H](COc2ccc3c(c2)OCO3)C1. The van der Waals surface area contributed by atoms with Crippen LogP contribution in [0.25, 0.3) is 0 Å². The van der Waals surface area contributed by atoms with Gasteiger partial charge in [0.05, 0.1) is 12.2 Å². The number of ether oxygens (including phenoxy) is 4. The van der Waals surface area contributed by atoms with Crippen LogP contribution in [0.4, 0.5) is 9.18 Å². The number of carbonyl (C=O) groups excluding carboxylic acids is 2. The van der Waals surface area contributed by atoms with Gasteiger partial charge in [-0.2, -0.15) is 0 Å². The van der Waals surface area contributed by atoms with Gasteiger partial charge in [-0.1, -0.05) is 12.1 Å². The van der Waals surface area contributed by atoms with Crippen molar-refractivity contribution in [2.75, 3.05) is 33.0 Å². The Morgan fingerprint density at radius 2 is 1.93 bits per heavy atom. The molecule has 2 aliphatic rings. The molecule has 2 aliphatic heterocycles. The van der Waals surface area contributed by atoms with Crippen LogP contribution in [-0.4, -0.2) is 60.5 Å². The van der Waals surface area contributed by atoms with Crippen LogP contribution < -0.4 is 19.5 Å². The Hall–Kier alpha value is -4.34. The molecule has 5 rings (SSSR count). The summed E-state index contributed by atoms with van der Waals surface area (Å²) in [6.45, 7) is 7.12. The maximum absolute atomic E-state index is 14.8. The van der Waals surface area contributed by atoms with Crippen molar-refractivity contribution in [3.63, 3.8) is 0 Å². The van der Waals surface area contributed by atoms with E-state index in [9.17, 15) is 14.0 Å². The third-order valence-corrected chi connectivity index (χ3v) is 7.25. The van der Waals surface area contributed by atoms with Crippen molar-refractivity contribution in [2.45, 2.75) is 45.1 Å². The molecule has 2 aromatic carbocycles. The van der Waals surface area contributed by atoms with Gasteiger partial charge in [-0.3, -0.25) is 9.78 Å². The highest BCUT2D eigenvalue weighted by molar-refractivity contribution is 5.94. The fourth-order valence-electron chi connectivity index (χ4n) is 5.20. The van der Waals surface area contributed by atoms with Crippen LogP contribution in [0.15, 0.2) is 60.8 Å². The maximum atomic E-state index is 14.8. The lowest BCUT2D eigenvalue weighted by Gasteiger charge is -2.39. The summed E-state index contributed by atoms with van der Waals surface area (Å²) in [5.41, 5.74) is 1.02. The zero-order valence-corrected chi connectivity index (χ0v) is 24.1. The predicted molar refractivity (Wildman–Crippen MR) is 153 cm³/mol. The summed E-state index contributed by atoms with van der Waals surface area (Å²) < 4.78 is 37.5. The molecule has 2 amide bonds. The number of piperidine rings is 1. The number of rotatable bonds is 8. The van der Waals surface area contributed by atoms with Crippen LogP contribution in [0.2, 0.25) is 0 Å². The molecule has 1 saturated heterocycles. The zero-order chi connectivity index (χ0) is 29.7. The van der Waals surface area contributed by atoms with E-state index in [1.54, 1.807) is 35.4 Å². The molecule has 9 nitrogen and oxygen atoms in total. The third-order valence-electron chi connectivity index (χ3n) is 7.25. The van der Waals surface area contributed by atoms with Crippen molar-refractivity contribution in [3.8, 4) is 17.2 Å². The fraction of sp³-hybridized carbons (Fsp3) is 0.406. The number of amides is 2. The van der Waals surface area contributed by atoms with Crippen LogP contribution in [0, 0.1) is 11.7 Å². The van der Waals surface area contributed by atoms with E-state index < -0.39 is 17.3 Å². The Bertz CT molecular complexity index is 1410. The van der Waals surface area contributed by atoms with E-state index in [0.717, 1.165) is 11.3 Å². The Morgan fingerprint density at radius 1 is 1.10 bits per heavy atom. The molecule has 0 bridgehead atoms. The van der Waals surface area contributed by atoms with Gasteiger partial charge in [0.1, 0.15) is 17.2 Å². The first kappa shape index (κ1) is 29.2. The number of carbonyl (C=O) groups is 2. The normalized spacial score (nSPS) is 18.0. The second-order valence-corrected chi connectivity index (χ2v) is 11.5. The average Bonchev–Trinajstić information content (AvgIpc) is 3.44. The zero-order valence-electron chi connectivity index (χ0n) is 24.1. The Morgan fingerprint density at radius 3 is 2.71 bits per heavy atom. The first-order valence-electron chi connectivity index (χ1n) is 14.1. The highest BCUT2D eigenvalue weighted by Gasteiger charge is 2.35. The van der Waals surface area contributed by atoms with Gasteiger partial charge in [-0.25, -0.2) is 9.18 Å². The second kappa shape index (κ2) is 12.7. The third kappa shape index (κ3) is 7.29. The van der Waals surface area contributed by atoms with Crippen LogP contribution in [0.1, 0.15) is 54.7 Å². The largest absolute Gasteiger partial charge is 0.493 e. The van der Waals surface area contributed by atoms with Crippen LogP contribution in [-0.2, 0) is 11.2 Å². The van der Waals surface area contributed by atoms with Gasteiger partial charge in [0.25, 0.3) is 5.91 Å². The molecule has 0 unspecified atom stereocenters. The molecule has 1 aromatic heterocycles. The summed E-state index contributed by atoms with van der Waals surface area (Å²) in [5.74, 6) is 0.574. The summed E-state index contributed by atoms with van der Waals surface area (Å²) in [7, 11) is 0. The highest BCUT2D eigenvalue weighted by Crippen LogP contribution is 2.38. The Labute approximate surface area is 244 Å². The predicted octanol–water partition coefficient (Wildman–Crippen LogP) is 5.34. The van der Waals surface area contributed by atoms with E-state index in [1.165, 1.54) is 6.07 Å². The van der Waals surface area contributed by atoms with Crippen LogP contribution in [0.5, 0.6) is 17.2 Å². The quantitative estimate of drug-likeness (QED) is 0.386. The van der Waals surface area contributed by atoms with Crippen molar-refractivity contribution in [1.82, 2.24) is 15.2 Å². The number of halogens is 1. The molecule has 10 heteroatoms. The number of nitrogens with one attached hydrogen (secondary N) is 1. The second-order valence-electron chi connectivity index (χ2n) is 11.5. The van der Waals surface area contributed by atoms with E-state index in [-0.39, 0.29) is 36.9 Å². The minimum Gasteiger partial charge on any atom is -0.493 e. The molecule has 2 atom stereocenters. The molecule has 222 valence electrons. The van der Waals surface area contributed by atoms with Gasteiger partial charge in [-0.15, -0.1) is 0 Å². The Balaban J connectivity index is 1.31. The summed E-state index contributed by atoms with van der Waals surface area (Å²) in [6.07, 6.45) is 2.44. The van der Waals surface area contributed by atoms with Crippen molar-refractivity contribution >= 4 is 12.0 Å². The number of likely N-dealkylation sites (tertiary alicyclic amines) is 1. The van der Waals surface area contributed by atoms with Gasteiger partial charge in [0, 0.05) is 49.9 Å². The van der Waals surface area contributed by atoms with Crippen LogP contribution in [0.3, 0.4) is 0 Å². The van der Waals surface area contributed by atoms with Crippen molar-refractivity contribution in [2.24, 2.45) is 5.92 Å². The van der Waals surface area contributed by atoms with Crippen molar-refractivity contribution < 1.29 is 32.9 Å². The summed E-state index contributed by atoms with van der Waals surface area (Å²) >= 11 is 0. The number of benzene rings is 2. The van der Waals surface area contributed by atoms with E-state index in [4.69, 9.17) is 18.9 Å². The molecule has 0 saturated carbocycles. The molecule has 1 fully saturated rings. The first-order valence-corrected chi connectivity index (χ1v) is 14.1. The van der Waals surface area contributed by atoms with Gasteiger partial charge in [0.15, 0.2) is 11.5 Å². The topological polar surface area (TPSA) is 99.2 Å². The van der Waals surface area contributed by atoms with Gasteiger partial charge < -0.3 is 29.2 Å². The molecule has 3 aromatic rings. The van der Waals surface area contributed by atoms with Gasteiger partial charge >= 0.3 is 6.09 Å². The monoisotopic (exact) mass is 577 g/mol. The fourth-order valence-corrected chi connectivity index (χ4v) is 5.20. The molecule has 42 heavy (non-hydrogen) atoms. The van der Waals surface area contributed by atoms with Crippen molar-refractivity contribution in [3.05, 3.63) is 83.4 Å². The Kier molecular flexibility index (Phi) is 8.80. The van der Waals surface area contributed by atoms with E-state index in [2.05, 4.69) is 10.3 Å². The van der Waals surface area contributed by atoms with Crippen molar-refractivity contribution in [1.29, 1.82) is 0 Å². The van der Waals surface area contributed by atoms with E-state index in [0.29, 0.717) is 49.7 Å². The smallest absolute Gasteiger partial charge is 0.410 e. The van der Waals surface area contributed by atoms with Crippen LogP contribution >= 0.6 is 0 Å².